The third kappa shape index (κ3) is 5.30. The Morgan fingerprint density at radius 3 is 2.37 bits per heavy atom. The van der Waals surface area contributed by atoms with E-state index in [9.17, 15) is 28.1 Å². The van der Waals surface area contributed by atoms with Gasteiger partial charge in [0.1, 0.15) is 5.69 Å². The van der Waals surface area contributed by atoms with Crippen LogP contribution in [0.25, 0.3) is 11.0 Å². The average Bonchev–Trinajstić information content (AvgIpc) is 3.21. The molecule has 0 spiro atoms. The Hall–Kier alpha value is -4.65. The molecule has 35 heavy (non-hydrogen) atoms. The van der Waals surface area contributed by atoms with Crippen LogP contribution in [0.3, 0.4) is 0 Å². The summed E-state index contributed by atoms with van der Waals surface area (Å²) in [6.07, 6.45) is 0. The summed E-state index contributed by atoms with van der Waals surface area (Å²) < 4.78 is 28.3. The van der Waals surface area contributed by atoms with E-state index in [1.165, 1.54) is 36.4 Å². The molecule has 13 heteroatoms. The molecule has 4 rings (SSSR count). The number of hydrogen-bond acceptors (Lipinski definition) is 7. The number of anilines is 2. The van der Waals surface area contributed by atoms with Gasteiger partial charge in [0, 0.05) is 19.2 Å². The fraction of sp³-hybridized carbons (Fsp3) is 0.0909. The lowest BCUT2D eigenvalue weighted by Gasteiger charge is -2.13. The molecule has 0 saturated carbocycles. The van der Waals surface area contributed by atoms with Gasteiger partial charge in [-0.3, -0.25) is 19.6 Å². The summed E-state index contributed by atoms with van der Waals surface area (Å²) in [6, 6.07) is 16.3. The van der Waals surface area contributed by atoms with E-state index >= 15 is 0 Å². The van der Waals surface area contributed by atoms with Crippen molar-refractivity contribution in [3.05, 3.63) is 92.9 Å². The topological polar surface area (TPSA) is 179 Å². The van der Waals surface area contributed by atoms with Gasteiger partial charge in [-0.25, -0.2) is 13.2 Å². The molecule has 0 atom stereocenters. The van der Waals surface area contributed by atoms with Gasteiger partial charge in [0.05, 0.1) is 32.1 Å². The van der Waals surface area contributed by atoms with Crippen LogP contribution in [-0.4, -0.2) is 42.3 Å². The lowest BCUT2D eigenvalue weighted by molar-refractivity contribution is -0.384. The zero-order chi connectivity index (χ0) is 25.0. The van der Waals surface area contributed by atoms with Gasteiger partial charge in [-0.2, -0.15) is 0 Å². The van der Waals surface area contributed by atoms with Gasteiger partial charge in [0.15, 0.2) is 0 Å². The third-order valence-electron chi connectivity index (χ3n) is 5.04. The number of carbonyl (C=O) groups excluding carboxylic acids is 1. The molecule has 180 valence electrons. The molecule has 0 saturated heterocycles. The van der Waals surface area contributed by atoms with Crippen molar-refractivity contribution in [3.63, 3.8) is 0 Å². The Morgan fingerprint density at radius 2 is 1.60 bits per heavy atom. The Kier molecular flexibility index (Phi) is 6.51. The predicted molar refractivity (Wildman–Crippen MR) is 130 cm³/mol. The zero-order valence-electron chi connectivity index (χ0n) is 18.1. The number of aromatic nitrogens is 2. The molecule has 0 aliphatic rings. The first-order valence-electron chi connectivity index (χ1n) is 10.3. The lowest BCUT2D eigenvalue weighted by Crippen LogP contribution is -2.29. The number of hydrogen-bond donors (Lipinski definition) is 5. The molecule has 0 radical (unpaired) electrons. The number of H-pyrrole nitrogens is 2. The first-order chi connectivity index (χ1) is 16.7. The normalized spacial score (nSPS) is 11.2. The largest absolute Gasteiger partial charge is 0.378 e. The highest BCUT2D eigenvalue weighted by atomic mass is 32.2. The summed E-state index contributed by atoms with van der Waals surface area (Å²) in [7, 11) is -4.07. The maximum Gasteiger partial charge on any atom is 0.323 e. The summed E-state index contributed by atoms with van der Waals surface area (Å²) in [5.74, 6) is -0.530. The average molecular weight is 497 g/mol. The van der Waals surface area contributed by atoms with Gasteiger partial charge in [0.25, 0.3) is 21.6 Å². The molecule has 1 amide bonds. The van der Waals surface area contributed by atoms with Crippen LogP contribution < -0.4 is 21.0 Å². The predicted octanol–water partition coefficient (Wildman–Crippen LogP) is 2.41. The second-order valence-corrected chi connectivity index (χ2v) is 9.08. The van der Waals surface area contributed by atoms with Crippen LogP contribution in [-0.2, 0) is 10.0 Å². The van der Waals surface area contributed by atoms with Crippen molar-refractivity contribution in [2.24, 2.45) is 0 Å². The van der Waals surface area contributed by atoms with Crippen molar-refractivity contribution in [1.82, 2.24) is 15.3 Å². The van der Waals surface area contributed by atoms with Gasteiger partial charge in [-0.05, 0) is 36.4 Å². The highest BCUT2D eigenvalue weighted by Crippen LogP contribution is 2.23. The highest BCUT2D eigenvalue weighted by Gasteiger charge is 2.19. The maximum atomic E-state index is 12.9. The first-order valence-corrected chi connectivity index (χ1v) is 11.8. The number of amides is 1. The van der Waals surface area contributed by atoms with Crippen molar-refractivity contribution >= 4 is 44.0 Å². The lowest BCUT2D eigenvalue weighted by atomic mass is 10.1. The van der Waals surface area contributed by atoms with E-state index in [0.717, 1.165) is 0 Å². The molecule has 12 nitrogen and oxygen atoms in total. The van der Waals surface area contributed by atoms with Crippen molar-refractivity contribution in [1.29, 1.82) is 0 Å². The molecule has 4 aromatic rings. The van der Waals surface area contributed by atoms with Crippen LogP contribution in [0.15, 0.2) is 76.4 Å². The fourth-order valence-electron chi connectivity index (χ4n) is 3.40. The van der Waals surface area contributed by atoms with Crippen molar-refractivity contribution in [2.75, 3.05) is 23.1 Å². The van der Waals surface area contributed by atoms with Crippen LogP contribution in [0, 0.1) is 10.1 Å². The number of benzene rings is 3. The number of para-hydroxylation sites is 3. The van der Waals surface area contributed by atoms with Crippen LogP contribution in [0.4, 0.5) is 17.1 Å². The fourth-order valence-corrected chi connectivity index (χ4v) is 4.51. The second-order valence-electron chi connectivity index (χ2n) is 7.39. The van der Waals surface area contributed by atoms with Crippen molar-refractivity contribution in [2.45, 2.75) is 4.90 Å². The van der Waals surface area contributed by atoms with Gasteiger partial charge >= 0.3 is 5.69 Å². The van der Waals surface area contributed by atoms with Gasteiger partial charge in [0.2, 0.25) is 0 Å². The molecule has 0 aliphatic carbocycles. The Bertz CT molecular complexity index is 1580. The van der Waals surface area contributed by atoms with Gasteiger partial charge < -0.3 is 20.6 Å². The number of aromatic amines is 2. The molecule has 0 fully saturated rings. The molecule has 0 unspecified atom stereocenters. The van der Waals surface area contributed by atoms with E-state index in [1.807, 2.05) is 0 Å². The Balaban J connectivity index is 1.44. The van der Waals surface area contributed by atoms with Crippen molar-refractivity contribution < 1.29 is 18.1 Å². The number of rotatable bonds is 9. The summed E-state index contributed by atoms with van der Waals surface area (Å²) in [5.41, 5.74) is 0.734. The van der Waals surface area contributed by atoms with E-state index in [2.05, 4.69) is 25.3 Å². The highest BCUT2D eigenvalue weighted by molar-refractivity contribution is 7.92. The van der Waals surface area contributed by atoms with E-state index in [-0.39, 0.29) is 34.9 Å². The summed E-state index contributed by atoms with van der Waals surface area (Å²) in [5, 5.41) is 16.6. The standard InChI is InChI=1S/C22H20N6O6S/c29-21(24-12-11-23-18-7-3-4-8-20(18)28(31)32)15-5-1-2-6-16(15)27-35(33,34)14-9-10-17-19(13-14)26-22(30)25-17/h1-10,13,23,27H,11-12H2,(H,24,29)(H2,25,26,30). The Labute approximate surface area is 198 Å². The number of nitrogens with one attached hydrogen (secondary N) is 5. The van der Waals surface area contributed by atoms with E-state index < -0.39 is 26.5 Å². The summed E-state index contributed by atoms with van der Waals surface area (Å²) in [6.45, 7) is 0.336. The second kappa shape index (κ2) is 9.69. The molecule has 5 N–H and O–H groups in total. The minimum atomic E-state index is -4.07. The number of sulfonamides is 1. The number of fused-ring (bicyclic) bond motifs is 1. The quantitative estimate of drug-likeness (QED) is 0.134. The summed E-state index contributed by atoms with van der Waals surface area (Å²) >= 11 is 0. The van der Waals surface area contributed by atoms with Crippen LogP contribution in [0.1, 0.15) is 10.4 Å². The van der Waals surface area contributed by atoms with Gasteiger partial charge in [-0.15, -0.1) is 0 Å². The van der Waals surface area contributed by atoms with Gasteiger partial charge in [-0.1, -0.05) is 24.3 Å². The molecular formula is C22H20N6O6S. The van der Waals surface area contributed by atoms with Crippen LogP contribution >= 0.6 is 0 Å². The minimum Gasteiger partial charge on any atom is -0.378 e. The molecule has 0 bridgehead atoms. The Morgan fingerprint density at radius 1 is 0.914 bits per heavy atom. The number of imidazole rings is 1. The first kappa shape index (κ1) is 23.5. The third-order valence-corrected chi connectivity index (χ3v) is 6.40. The molecular weight excluding hydrogens is 476 g/mol. The SMILES string of the molecule is O=C(NCCNc1ccccc1[N+](=O)[O-])c1ccccc1NS(=O)(=O)c1ccc2[nH]c(=O)[nH]c2c1. The number of nitro benzene ring substituents is 1. The summed E-state index contributed by atoms with van der Waals surface area (Å²) in [4.78, 5) is 39.7. The van der Waals surface area contributed by atoms with Crippen molar-refractivity contribution in [3.8, 4) is 0 Å². The number of carbonyl (C=O) groups is 1. The smallest absolute Gasteiger partial charge is 0.323 e. The van der Waals surface area contributed by atoms with E-state index in [0.29, 0.717) is 16.7 Å². The molecule has 1 heterocycles. The van der Waals surface area contributed by atoms with Crippen LogP contribution in [0.5, 0.6) is 0 Å². The number of nitro groups is 1. The monoisotopic (exact) mass is 496 g/mol. The number of nitrogens with zero attached hydrogens (tertiary/aromatic N) is 1. The molecule has 1 aromatic heterocycles. The maximum absolute atomic E-state index is 12.9. The molecule has 3 aromatic carbocycles. The van der Waals surface area contributed by atoms with E-state index in [4.69, 9.17) is 0 Å². The zero-order valence-corrected chi connectivity index (χ0v) is 18.9. The molecule has 0 aliphatic heterocycles. The minimum absolute atomic E-state index is 0.0688. The van der Waals surface area contributed by atoms with Crippen LogP contribution in [0.2, 0.25) is 0 Å². The van der Waals surface area contributed by atoms with E-state index in [1.54, 1.807) is 30.3 Å².